The van der Waals surface area contributed by atoms with Crippen molar-refractivity contribution in [2.75, 3.05) is 6.54 Å². The van der Waals surface area contributed by atoms with E-state index in [1.165, 1.54) is 11.1 Å². The maximum Gasteiger partial charge on any atom is 0.0746 e. The van der Waals surface area contributed by atoms with Crippen LogP contribution >= 0.6 is 0 Å². The number of nitrogens with one attached hydrogen (secondary N) is 1. The molecule has 0 saturated heterocycles. The average Bonchev–Trinajstić information content (AvgIpc) is 2.25. The minimum atomic E-state index is -0.632. The molecular formula is C16H27NO. The van der Waals surface area contributed by atoms with E-state index in [1.54, 1.807) is 0 Å². The van der Waals surface area contributed by atoms with Crippen LogP contribution in [-0.4, -0.2) is 17.3 Å². The molecule has 2 heteroatoms. The summed E-state index contributed by atoms with van der Waals surface area (Å²) >= 11 is 0. The molecular weight excluding hydrogens is 222 g/mol. The molecule has 2 N–H and O–H groups in total. The van der Waals surface area contributed by atoms with Crippen LogP contribution in [0.4, 0.5) is 0 Å². The third-order valence-corrected chi connectivity index (χ3v) is 3.21. The van der Waals surface area contributed by atoms with E-state index in [0.717, 1.165) is 6.42 Å². The lowest BCUT2D eigenvalue weighted by Crippen LogP contribution is -2.39. The SMILES string of the molecule is Cc1ccc(C(C)NCC(C)(O)CC(C)C)cc1. The van der Waals surface area contributed by atoms with Gasteiger partial charge in [-0.2, -0.15) is 0 Å². The topological polar surface area (TPSA) is 32.3 Å². The third-order valence-electron chi connectivity index (χ3n) is 3.21. The van der Waals surface area contributed by atoms with Gasteiger partial charge in [0.25, 0.3) is 0 Å². The zero-order valence-corrected chi connectivity index (χ0v) is 12.3. The minimum Gasteiger partial charge on any atom is -0.389 e. The van der Waals surface area contributed by atoms with Gasteiger partial charge in [-0.3, -0.25) is 0 Å². The Labute approximate surface area is 111 Å². The predicted molar refractivity (Wildman–Crippen MR) is 77.7 cm³/mol. The molecule has 2 unspecified atom stereocenters. The van der Waals surface area contributed by atoms with E-state index in [1.807, 2.05) is 6.92 Å². The van der Waals surface area contributed by atoms with Crippen LogP contribution in [0.3, 0.4) is 0 Å². The van der Waals surface area contributed by atoms with Crippen molar-refractivity contribution in [3.05, 3.63) is 35.4 Å². The monoisotopic (exact) mass is 249 g/mol. The Morgan fingerprint density at radius 2 is 1.72 bits per heavy atom. The quantitative estimate of drug-likeness (QED) is 0.809. The summed E-state index contributed by atoms with van der Waals surface area (Å²) in [7, 11) is 0. The van der Waals surface area contributed by atoms with E-state index in [0.29, 0.717) is 12.5 Å². The molecule has 0 fully saturated rings. The number of benzene rings is 1. The number of hydrogen-bond acceptors (Lipinski definition) is 2. The molecule has 0 amide bonds. The average molecular weight is 249 g/mol. The van der Waals surface area contributed by atoms with E-state index in [4.69, 9.17) is 0 Å². The zero-order chi connectivity index (χ0) is 13.8. The molecule has 0 aliphatic carbocycles. The predicted octanol–water partition coefficient (Wildman–Crippen LogP) is 3.44. The van der Waals surface area contributed by atoms with Crippen LogP contribution in [0.1, 0.15) is 51.3 Å². The van der Waals surface area contributed by atoms with Crippen LogP contribution in [0, 0.1) is 12.8 Å². The van der Waals surface area contributed by atoms with Crippen molar-refractivity contribution in [3.63, 3.8) is 0 Å². The van der Waals surface area contributed by atoms with Gasteiger partial charge in [0.2, 0.25) is 0 Å². The van der Waals surface area contributed by atoms with E-state index >= 15 is 0 Å². The fourth-order valence-corrected chi connectivity index (χ4v) is 2.30. The molecule has 0 aromatic heterocycles. The molecule has 0 radical (unpaired) electrons. The van der Waals surface area contributed by atoms with Crippen LogP contribution in [0.5, 0.6) is 0 Å². The van der Waals surface area contributed by atoms with Crippen molar-refractivity contribution in [1.82, 2.24) is 5.32 Å². The van der Waals surface area contributed by atoms with Crippen molar-refractivity contribution in [3.8, 4) is 0 Å². The van der Waals surface area contributed by atoms with Crippen molar-refractivity contribution in [1.29, 1.82) is 0 Å². The molecule has 0 spiro atoms. The Hall–Kier alpha value is -0.860. The van der Waals surface area contributed by atoms with Crippen LogP contribution in [-0.2, 0) is 0 Å². The maximum absolute atomic E-state index is 10.3. The van der Waals surface area contributed by atoms with Gasteiger partial charge in [-0.1, -0.05) is 43.7 Å². The van der Waals surface area contributed by atoms with Crippen LogP contribution in [0.15, 0.2) is 24.3 Å². The van der Waals surface area contributed by atoms with E-state index < -0.39 is 5.60 Å². The molecule has 1 aromatic rings. The second-order valence-corrected chi connectivity index (χ2v) is 6.11. The summed E-state index contributed by atoms with van der Waals surface area (Å²) in [6.07, 6.45) is 0.820. The molecule has 18 heavy (non-hydrogen) atoms. The normalized spacial score (nSPS) is 16.6. The van der Waals surface area contributed by atoms with Gasteiger partial charge >= 0.3 is 0 Å². The maximum atomic E-state index is 10.3. The number of hydrogen-bond donors (Lipinski definition) is 2. The highest BCUT2D eigenvalue weighted by atomic mass is 16.3. The molecule has 2 nitrogen and oxygen atoms in total. The first kappa shape index (κ1) is 15.2. The largest absolute Gasteiger partial charge is 0.389 e. The second kappa shape index (κ2) is 6.35. The van der Waals surface area contributed by atoms with Gasteiger partial charge in [0.05, 0.1) is 5.60 Å². The molecule has 0 heterocycles. The van der Waals surface area contributed by atoms with Gasteiger partial charge < -0.3 is 10.4 Å². The number of aliphatic hydroxyl groups is 1. The summed E-state index contributed by atoms with van der Waals surface area (Å²) in [6.45, 7) is 11.0. The standard InChI is InChI=1S/C16H27NO/c1-12(2)10-16(5,18)11-17-14(4)15-8-6-13(3)7-9-15/h6-9,12,14,17-18H,10-11H2,1-5H3. The Bertz CT molecular complexity index is 354. The summed E-state index contributed by atoms with van der Waals surface area (Å²) in [5.41, 5.74) is 1.91. The van der Waals surface area contributed by atoms with E-state index in [9.17, 15) is 5.11 Å². The Balaban J connectivity index is 2.50. The summed E-state index contributed by atoms with van der Waals surface area (Å²) in [6, 6.07) is 8.80. The van der Waals surface area contributed by atoms with Gasteiger partial charge in [0.15, 0.2) is 0 Å². The Morgan fingerprint density at radius 1 is 1.17 bits per heavy atom. The van der Waals surface area contributed by atoms with Crippen molar-refractivity contribution < 1.29 is 5.11 Å². The van der Waals surface area contributed by atoms with E-state index in [2.05, 4.69) is 57.3 Å². The molecule has 0 bridgehead atoms. The highest BCUT2D eigenvalue weighted by Crippen LogP contribution is 2.18. The van der Waals surface area contributed by atoms with Crippen molar-refractivity contribution in [2.24, 2.45) is 5.92 Å². The van der Waals surface area contributed by atoms with Crippen LogP contribution in [0.2, 0.25) is 0 Å². The molecule has 1 rings (SSSR count). The van der Waals surface area contributed by atoms with Gasteiger partial charge in [0.1, 0.15) is 0 Å². The summed E-state index contributed by atoms with van der Waals surface area (Å²) in [4.78, 5) is 0. The molecule has 2 atom stereocenters. The Morgan fingerprint density at radius 3 is 2.22 bits per heavy atom. The minimum absolute atomic E-state index is 0.268. The van der Waals surface area contributed by atoms with Gasteiger partial charge in [0, 0.05) is 12.6 Å². The lowest BCUT2D eigenvalue weighted by Gasteiger charge is -2.27. The number of rotatable bonds is 6. The fourth-order valence-electron chi connectivity index (χ4n) is 2.30. The first-order chi connectivity index (χ1) is 8.30. The lowest BCUT2D eigenvalue weighted by molar-refractivity contribution is 0.0363. The Kier molecular flexibility index (Phi) is 5.36. The van der Waals surface area contributed by atoms with Gasteiger partial charge in [-0.05, 0) is 38.7 Å². The smallest absolute Gasteiger partial charge is 0.0746 e. The molecule has 0 aliphatic heterocycles. The first-order valence-electron chi connectivity index (χ1n) is 6.82. The summed E-state index contributed by atoms with van der Waals surface area (Å²) in [5, 5.41) is 13.7. The fraction of sp³-hybridized carbons (Fsp3) is 0.625. The second-order valence-electron chi connectivity index (χ2n) is 6.11. The number of aryl methyl sites for hydroxylation is 1. The first-order valence-corrected chi connectivity index (χ1v) is 6.82. The summed E-state index contributed by atoms with van der Waals surface area (Å²) in [5.74, 6) is 0.511. The third kappa shape index (κ3) is 5.19. The molecule has 0 saturated carbocycles. The summed E-state index contributed by atoms with van der Waals surface area (Å²) < 4.78 is 0. The lowest BCUT2D eigenvalue weighted by atomic mass is 9.94. The molecule has 102 valence electrons. The zero-order valence-electron chi connectivity index (χ0n) is 12.3. The van der Waals surface area contributed by atoms with Crippen LogP contribution in [0.25, 0.3) is 0 Å². The van der Waals surface area contributed by atoms with Crippen molar-refractivity contribution >= 4 is 0 Å². The van der Waals surface area contributed by atoms with Gasteiger partial charge in [-0.25, -0.2) is 0 Å². The van der Waals surface area contributed by atoms with Gasteiger partial charge in [-0.15, -0.1) is 0 Å². The molecule has 1 aromatic carbocycles. The van der Waals surface area contributed by atoms with Crippen LogP contribution < -0.4 is 5.32 Å². The van der Waals surface area contributed by atoms with E-state index in [-0.39, 0.29) is 6.04 Å². The molecule has 0 aliphatic rings. The highest BCUT2D eigenvalue weighted by Gasteiger charge is 2.22. The highest BCUT2D eigenvalue weighted by molar-refractivity contribution is 5.23. The van der Waals surface area contributed by atoms with Crippen molar-refractivity contribution in [2.45, 2.75) is 52.7 Å².